The Bertz CT molecular complexity index is 709. The van der Waals surface area contributed by atoms with E-state index in [9.17, 15) is 39.6 Å². The van der Waals surface area contributed by atoms with Gasteiger partial charge in [-0.3, -0.25) is 0 Å². The van der Waals surface area contributed by atoms with E-state index in [0.29, 0.717) is 0 Å². The van der Waals surface area contributed by atoms with E-state index in [1.165, 1.54) is 27.7 Å². The number of carboxylic acids is 4. The molecule has 44 nitrogen and oxygen atoms in total. The molecule has 4 atom stereocenters. The Kier molecular flexibility index (Phi) is 140. The molecule has 64 heavy (non-hydrogen) atoms. The smallest absolute Gasteiger partial charge is 0.544 e. The van der Waals surface area contributed by atoms with Crippen molar-refractivity contribution in [2.24, 2.45) is 0 Å². The number of halogens is 6. The SMILES string of the molecule is C[C@H]([NH3+])C(=O)[O-].C[C@H]([NH3+])C(=O)[O-].C[C@H]([NH3+])C(=O)[O-].C[C@H]([NH3+])C(=O)[O-].[O-][Cl+3]([O-])([O-])[O-].[O-][Cl+3]([O-])([O-])[O-].[O-][Cl+3]([O-])([O-])[O-].[O-][Cl+3]([O-])([O-])[O-].[O-][Cl+3]([O-])([O-])[O-].[O-][Cl+3]([O-])([O-])[O-].[OH3+].[OH3+].[OH3+].[OH3+].[OH3+].[OH3+].[OH3+].[OH3+].[Tb+3].[Tb+3]. The van der Waals surface area contributed by atoms with E-state index in [0.717, 1.165) is 0 Å². The third kappa shape index (κ3) is 853. The molecule has 0 unspecified atom stereocenters. The number of hydrogen-bond donors (Lipinski definition) is 4. The summed E-state index contributed by atoms with van der Waals surface area (Å²) in [5, 5.41) is 38.1. The molecule has 36 N–H and O–H groups in total. The molecule has 0 heterocycles. The second-order valence-corrected chi connectivity index (χ2v) is 11.7. The summed E-state index contributed by atoms with van der Waals surface area (Å²) in [5.74, 6) is -4.41. The van der Waals surface area contributed by atoms with E-state index in [4.69, 9.17) is 112 Å². The van der Waals surface area contributed by atoms with Gasteiger partial charge in [0.15, 0.2) is 0 Å². The van der Waals surface area contributed by atoms with E-state index in [-0.39, 0.29) is 121 Å². The van der Waals surface area contributed by atoms with Gasteiger partial charge in [-0.05, 0) is 27.7 Å². The van der Waals surface area contributed by atoms with Crippen LogP contribution < -0.4 is 155 Å². The third-order valence-electron chi connectivity index (χ3n) is 1.61. The van der Waals surface area contributed by atoms with E-state index >= 15 is 0 Å². The van der Waals surface area contributed by atoms with Gasteiger partial charge in [-0.1, -0.05) is 0 Å². The van der Waals surface area contributed by atoms with Gasteiger partial charge in [0.25, 0.3) is 0 Å². The molecule has 0 aromatic heterocycles. The fraction of sp³-hybridized carbons (Fsp3) is 0.667. The molecule has 0 aromatic rings. The van der Waals surface area contributed by atoms with Gasteiger partial charge in [-0.15, -0.1) is 61.5 Å². The molecule has 52 heteroatoms. The zero-order chi connectivity index (χ0) is 47.6. The zero-order valence-corrected chi connectivity index (χ0v) is 40.6. The molecule has 0 saturated carbocycles. The summed E-state index contributed by atoms with van der Waals surface area (Å²) in [6.45, 7) is 5.87. The van der Waals surface area contributed by atoms with E-state index in [1.54, 1.807) is 0 Å². The number of rotatable bonds is 4. The summed E-state index contributed by atoms with van der Waals surface area (Å²) >= 11 is 0. The van der Waals surface area contributed by atoms with Crippen LogP contribution in [0.15, 0.2) is 0 Å². The van der Waals surface area contributed by atoms with Crippen molar-refractivity contribution < 1.29 is 357 Å². The fourth-order valence-corrected chi connectivity index (χ4v) is 0. The molecular weight excluding hydrogens is 1370 g/mol. The molecule has 0 spiro atoms. The maximum absolute atomic E-state index is 9.53. The minimum Gasteiger partial charge on any atom is -0.544 e. The van der Waals surface area contributed by atoms with Gasteiger partial charge in [0.1, 0.15) is 24.2 Å². The maximum atomic E-state index is 9.53. The van der Waals surface area contributed by atoms with Crippen molar-refractivity contribution >= 4 is 23.9 Å². The van der Waals surface area contributed by atoms with E-state index in [2.05, 4.69) is 22.9 Å². The Morgan fingerprint density at radius 2 is 0.281 bits per heavy atom. The average Bonchev–Trinajstić information content (AvgIpc) is 2.73. The normalized spacial score (nSPS) is 10.8. The first kappa shape index (κ1) is 131. The average molecular weight is 1420 g/mol. The Morgan fingerprint density at radius 1 is 0.266 bits per heavy atom. The van der Waals surface area contributed by atoms with Crippen LogP contribution in [0.25, 0.3) is 0 Å². The summed E-state index contributed by atoms with van der Waals surface area (Å²) in [5.41, 5.74) is 12.7. The first-order valence-electron chi connectivity index (χ1n) is 10.4. The predicted octanol–water partition coefficient (Wildman–Crippen LogP) is -46.4. The van der Waals surface area contributed by atoms with Crippen LogP contribution in [0, 0.1) is 139 Å². The van der Waals surface area contributed by atoms with Gasteiger partial charge in [-0.2, -0.15) is 0 Å². The number of carbonyl (C=O) groups is 4. The van der Waals surface area contributed by atoms with Crippen LogP contribution in [0.2, 0.25) is 0 Å². The van der Waals surface area contributed by atoms with Crippen molar-refractivity contribution in [3.05, 3.63) is 0 Å². The van der Waals surface area contributed by atoms with Crippen LogP contribution in [0.1, 0.15) is 27.7 Å². The molecule has 0 saturated heterocycles. The quantitative estimate of drug-likeness (QED) is 0.190. The molecule has 0 radical (unpaired) electrons. The monoisotopic (exact) mass is 1420 g/mol. The summed E-state index contributed by atoms with van der Waals surface area (Å²) < 4.78 is 204. The molecule has 0 bridgehead atoms. The molecule has 0 aromatic carbocycles. The second kappa shape index (κ2) is 68.0. The predicted molar refractivity (Wildman–Crippen MR) is 108 cm³/mol. The van der Waals surface area contributed by atoms with Crippen LogP contribution in [0.3, 0.4) is 0 Å². The standard InChI is InChI=1S/4C3H7NO2.6ClHO4.8H2O.2Tb/c4*1-2(4)3(5)6;6*2-1(3,4)5;;;;;;;;;;/h4*2H,4H2,1H3,(H,5,6);6*(H,2,3,4,5);8*1H2;;/q;;;;;;;;;;;;;;;;;;2*+3/p+2/t4*2-;;;;;;;;;;;;;;;;/m0000................/s1. The summed E-state index contributed by atoms with van der Waals surface area (Å²) in [6, 6.07) is -2.37. The van der Waals surface area contributed by atoms with Gasteiger partial charge in [0.2, 0.25) is 0 Å². The molecule has 0 fully saturated rings. The number of quaternary nitrogens is 4. The molecule has 0 amide bonds. The zero-order valence-electron chi connectivity index (χ0n) is 31.8. The van der Waals surface area contributed by atoms with Crippen LogP contribution in [0.4, 0.5) is 0 Å². The van der Waals surface area contributed by atoms with Crippen molar-refractivity contribution in [3.63, 3.8) is 0 Å². The van der Waals surface area contributed by atoms with Crippen molar-refractivity contribution in [2.75, 3.05) is 0 Å². The molecular formula is C12H52Cl6N4O40Tb2+8. The minimum atomic E-state index is -4.94. The van der Waals surface area contributed by atoms with Crippen molar-refractivity contribution in [1.29, 1.82) is 0 Å². The van der Waals surface area contributed by atoms with Crippen LogP contribution in [0.5, 0.6) is 0 Å². The first-order chi connectivity index (χ1) is 22.6. The Morgan fingerprint density at radius 3 is 0.281 bits per heavy atom. The van der Waals surface area contributed by atoms with Gasteiger partial charge in [0.05, 0.1) is 23.9 Å². The Labute approximate surface area is 429 Å². The van der Waals surface area contributed by atoms with Crippen LogP contribution >= 0.6 is 0 Å². The minimum absolute atomic E-state index is 0. The van der Waals surface area contributed by atoms with Crippen LogP contribution in [-0.2, 0) is 63.0 Å². The van der Waals surface area contributed by atoms with Crippen molar-refractivity contribution in [1.82, 2.24) is 0 Å². The summed E-state index contributed by atoms with van der Waals surface area (Å²) in [4.78, 5) is 38.1. The van der Waals surface area contributed by atoms with Gasteiger partial charge in [-0.25, -0.2) is 112 Å². The number of carbonyl (C=O) groups excluding carboxylic acids is 4. The number of aliphatic carboxylic acids is 4. The molecule has 0 aliphatic carbocycles. The van der Waals surface area contributed by atoms with Crippen molar-refractivity contribution in [2.45, 2.75) is 51.9 Å². The Hall–Kier alpha value is 0.751. The molecule has 0 aliphatic heterocycles. The largest absolute Gasteiger partial charge is 3.00 e. The van der Waals surface area contributed by atoms with E-state index in [1.807, 2.05) is 0 Å². The molecule has 0 rings (SSSR count). The topological polar surface area (TPSA) is 1090 Å². The fourth-order valence-electron chi connectivity index (χ4n) is 0. The number of carboxylic acid groups (broad SMARTS) is 4. The second-order valence-electron chi connectivity index (χ2n) is 7.15. The van der Waals surface area contributed by atoms with E-state index < -0.39 is 110 Å². The van der Waals surface area contributed by atoms with Gasteiger partial charge in [0, 0.05) is 0 Å². The van der Waals surface area contributed by atoms with Gasteiger partial charge >= 0.3 is 77.2 Å². The maximum Gasteiger partial charge on any atom is 3.00 e. The van der Waals surface area contributed by atoms with Crippen molar-refractivity contribution in [3.8, 4) is 0 Å². The summed E-state index contributed by atoms with van der Waals surface area (Å²) in [7, 11) is -29.7. The first-order valence-corrected chi connectivity index (χ1v) is 17.8. The molecule has 0 aliphatic rings. The van der Waals surface area contributed by atoms with Gasteiger partial charge < -0.3 is 106 Å². The summed E-state index contributed by atoms with van der Waals surface area (Å²) in [6.07, 6.45) is 0. The Balaban J connectivity index is -0.0000000184. The molecule has 412 valence electrons. The number of hydrogen-bond acceptors (Lipinski definition) is 32. The third-order valence-corrected chi connectivity index (χ3v) is 1.61. The van der Waals surface area contributed by atoms with Crippen LogP contribution in [-0.4, -0.2) is 48.0 Å².